The summed E-state index contributed by atoms with van der Waals surface area (Å²) in [6.07, 6.45) is 5.05. The van der Waals surface area contributed by atoms with Gasteiger partial charge in [0.25, 0.3) is 0 Å². The second kappa shape index (κ2) is 8.25. The first-order valence-electron chi connectivity index (χ1n) is 7.01. The van der Waals surface area contributed by atoms with E-state index < -0.39 is 0 Å². The molecule has 1 aliphatic heterocycles. The van der Waals surface area contributed by atoms with Crippen molar-refractivity contribution in [2.75, 3.05) is 19.8 Å². The van der Waals surface area contributed by atoms with Gasteiger partial charge < -0.3 is 9.64 Å². The van der Waals surface area contributed by atoms with Crippen LogP contribution in [0.15, 0.2) is 0 Å². The average Bonchev–Trinajstić information content (AvgIpc) is 2.34. The number of carbonyl (C=O) groups is 2. The molecule has 1 unspecified atom stereocenters. The number of carbonyl (C=O) groups excluding carboxylic acids is 2. The molecule has 1 fully saturated rings. The van der Waals surface area contributed by atoms with Crippen LogP contribution in [0, 0.1) is 0 Å². The van der Waals surface area contributed by atoms with Gasteiger partial charge in [-0.1, -0.05) is 6.92 Å². The lowest BCUT2D eigenvalue weighted by molar-refractivity contribution is -0.136. The van der Waals surface area contributed by atoms with Crippen LogP contribution in [0.4, 0.5) is 0 Å². The lowest BCUT2D eigenvalue weighted by Gasteiger charge is -2.35. The van der Waals surface area contributed by atoms with E-state index in [0.717, 1.165) is 32.2 Å². The van der Waals surface area contributed by atoms with Crippen LogP contribution in [-0.2, 0) is 14.3 Å². The van der Waals surface area contributed by atoms with Gasteiger partial charge in [0.1, 0.15) is 5.78 Å². The molecule has 0 radical (unpaired) electrons. The Morgan fingerprint density at radius 3 is 2.72 bits per heavy atom. The first-order chi connectivity index (χ1) is 8.65. The molecule has 0 aromatic carbocycles. The van der Waals surface area contributed by atoms with Gasteiger partial charge in [0, 0.05) is 25.6 Å². The van der Waals surface area contributed by atoms with Gasteiger partial charge in [-0.15, -0.1) is 0 Å². The molecule has 0 aromatic heterocycles. The van der Waals surface area contributed by atoms with Crippen LogP contribution in [0.1, 0.15) is 52.4 Å². The maximum Gasteiger partial charge on any atom is 0.225 e. The topological polar surface area (TPSA) is 46.6 Å². The molecule has 1 aliphatic rings. The molecular weight excluding hydrogens is 230 g/mol. The number of ketones is 1. The Hall–Kier alpha value is -0.900. The average molecular weight is 255 g/mol. The van der Waals surface area contributed by atoms with Crippen LogP contribution in [0.25, 0.3) is 0 Å². The highest BCUT2D eigenvalue weighted by atomic mass is 16.5. The van der Waals surface area contributed by atoms with E-state index in [1.807, 2.05) is 4.90 Å². The fourth-order valence-corrected chi connectivity index (χ4v) is 2.42. The van der Waals surface area contributed by atoms with E-state index in [-0.39, 0.29) is 17.7 Å². The Labute approximate surface area is 110 Å². The van der Waals surface area contributed by atoms with E-state index in [0.29, 0.717) is 26.1 Å². The maximum atomic E-state index is 12.1. The molecule has 18 heavy (non-hydrogen) atoms. The standard InChI is InChI=1S/C14H25NO3/c1-3-9-18-10-7-14(17)15-8-5-4-6-13(15)11-12(2)16/h13H,3-11H2,1-2H3. The van der Waals surface area contributed by atoms with E-state index in [2.05, 4.69) is 6.92 Å². The molecule has 0 aromatic rings. The highest BCUT2D eigenvalue weighted by Gasteiger charge is 2.26. The summed E-state index contributed by atoms with van der Waals surface area (Å²) in [4.78, 5) is 25.2. The lowest BCUT2D eigenvalue weighted by Crippen LogP contribution is -2.44. The number of Topliss-reactive ketones (excluding diaryl/α,β-unsaturated/α-hetero) is 1. The second-order valence-corrected chi connectivity index (χ2v) is 5.01. The van der Waals surface area contributed by atoms with E-state index in [9.17, 15) is 9.59 Å². The first-order valence-corrected chi connectivity index (χ1v) is 7.01. The van der Waals surface area contributed by atoms with E-state index in [1.165, 1.54) is 0 Å². The number of nitrogens with zero attached hydrogens (tertiary/aromatic N) is 1. The fraction of sp³-hybridized carbons (Fsp3) is 0.857. The van der Waals surface area contributed by atoms with Gasteiger partial charge in [-0.05, 0) is 32.6 Å². The predicted octanol–water partition coefficient (Wildman–Crippen LogP) is 2.16. The minimum absolute atomic E-state index is 0.120. The largest absolute Gasteiger partial charge is 0.381 e. The Balaban J connectivity index is 2.39. The molecule has 1 amide bonds. The zero-order valence-corrected chi connectivity index (χ0v) is 11.6. The molecule has 0 spiro atoms. The molecule has 1 atom stereocenters. The van der Waals surface area contributed by atoms with Crippen molar-refractivity contribution in [1.29, 1.82) is 0 Å². The minimum atomic E-state index is 0.120. The molecule has 0 bridgehead atoms. The smallest absolute Gasteiger partial charge is 0.225 e. The van der Waals surface area contributed by atoms with Crippen LogP contribution in [0.3, 0.4) is 0 Å². The summed E-state index contributed by atoms with van der Waals surface area (Å²) in [5, 5.41) is 0. The lowest BCUT2D eigenvalue weighted by atomic mass is 9.97. The van der Waals surface area contributed by atoms with E-state index in [1.54, 1.807) is 6.92 Å². The van der Waals surface area contributed by atoms with Crippen molar-refractivity contribution < 1.29 is 14.3 Å². The third-order valence-electron chi connectivity index (χ3n) is 3.28. The molecule has 1 heterocycles. The van der Waals surface area contributed by atoms with Gasteiger partial charge in [0.05, 0.1) is 13.0 Å². The number of likely N-dealkylation sites (tertiary alicyclic amines) is 1. The van der Waals surface area contributed by atoms with Crippen molar-refractivity contribution in [3.05, 3.63) is 0 Å². The van der Waals surface area contributed by atoms with E-state index in [4.69, 9.17) is 4.74 Å². The SMILES string of the molecule is CCCOCCC(=O)N1CCCCC1CC(C)=O. The predicted molar refractivity (Wildman–Crippen MR) is 70.4 cm³/mol. The molecular formula is C14H25NO3. The monoisotopic (exact) mass is 255 g/mol. The van der Waals surface area contributed by atoms with Crippen LogP contribution < -0.4 is 0 Å². The number of rotatable bonds is 7. The summed E-state index contributed by atoms with van der Waals surface area (Å²) in [5.41, 5.74) is 0. The highest BCUT2D eigenvalue weighted by molar-refractivity contribution is 5.79. The second-order valence-electron chi connectivity index (χ2n) is 5.01. The van der Waals surface area contributed by atoms with Gasteiger partial charge in [0.2, 0.25) is 5.91 Å². The number of hydrogen-bond acceptors (Lipinski definition) is 3. The third kappa shape index (κ3) is 5.17. The highest BCUT2D eigenvalue weighted by Crippen LogP contribution is 2.20. The Bertz CT molecular complexity index is 278. The summed E-state index contributed by atoms with van der Waals surface area (Å²) >= 11 is 0. The van der Waals surface area contributed by atoms with Gasteiger partial charge >= 0.3 is 0 Å². The molecule has 104 valence electrons. The van der Waals surface area contributed by atoms with Gasteiger partial charge in [0.15, 0.2) is 0 Å². The number of piperidine rings is 1. The van der Waals surface area contributed by atoms with Crippen molar-refractivity contribution in [2.24, 2.45) is 0 Å². The first kappa shape index (κ1) is 15.2. The summed E-state index contributed by atoms with van der Waals surface area (Å²) in [6, 6.07) is 0.120. The molecule has 0 N–H and O–H groups in total. The normalized spacial score (nSPS) is 19.9. The van der Waals surface area contributed by atoms with Gasteiger partial charge in [-0.3, -0.25) is 9.59 Å². The number of hydrogen-bond donors (Lipinski definition) is 0. The van der Waals surface area contributed by atoms with Crippen molar-refractivity contribution in [3.63, 3.8) is 0 Å². The molecule has 1 saturated heterocycles. The number of ether oxygens (including phenoxy) is 1. The maximum absolute atomic E-state index is 12.1. The summed E-state index contributed by atoms with van der Waals surface area (Å²) in [6.45, 7) is 5.65. The van der Waals surface area contributed by atoms with Crippen LogP contribution in [0.2, 0.25) is 0 Å². The zero-order valence-electron chi connectivity index (χ0n) is 11.6. The van der Waals surface area contributed by atoms with Gasteiger partial charge in [-0.2, -0.15) is 0 Å². The molecule has 4 heteroatoms. The van der Waals surface area contributed by atoms with Crippen LogP contribution in [0.5, 0.6) is 0 Å². The molecule has 0 saturated carbocycles. The Morgan fingerprint density at radius 2 is 2.06 bits per heavy atom. The van der Waals surface area contributed by atoms with Crippen molar-refractivity contribution >= 4 is 11.7 Å². The summed E-state index contributed by atoms with van der Waals surface area (Å²) in [7, 11) is 0. The molecule has 0 aliphatic carbocycles. The Morgan fingerprint density at radius 1 is 1.28 bits per heavy atom. The number of amides is 1. The summed E-state index contributed by atoms with van der Waals surface area (Å²) < 4.78 is 5.35. The van der Waals surface area contributed by atoms with Crippen LogP contribution in [-0.4, -0.2) is 42.4 Å². The zero-order chi connectivity index (χ0) is 13.4. The molecule has 4 nitrogen and oxygen atoms in total. The molecule has 1 rings (SSSR count). The minimum Gasteiger partial charge on any atom is -0.381 e. The fourth-order valence-electron chi connectivity index (χ4n) is 2.42. The van der Waals surface area contributed by atoms with Crippen molar-refractivity contribution in [2.45, 2.75) is 58.4 Å². The van der Waals surface area contributed by atoms with Crippen molar-refractivity contribution in [3.8, 4) is 0 Å². The summed E-state index contributed by atoms with van der Waals surface area (Å²) in [5.74, 6) is 0.305. The van der Waals surface area contributed by atoms with Gasteiger partial charge in [-0.25, -0.2) is 0 Å². The Kier molecular flexibility index (Phi) is 6.94. The quantitative estimate of drug-likeness (QED) is 0.655. The third-order valence-corrected chi connectivity index (χ3v) is 3.28. The van der Waals surface area contributed by atoms with Crippen molar-refractivity contribution in [1.82, 2.24) is 4.90 Å². The van der Waals surface area contributed by atoms with E-state index >= 15 is 0 Å². The van der Waals surface area contributed by atoms with Crippen LogP contribution >= 0.6 is 0 Å².